The smallest absolute Gasteiger partial charge is 0.325 e. The molecule has 2 aromatic carbocycles. The molecule has 0 radical (unpaired) electrons. The Balaban J connectivity index is 1.53. The van der Waals surface area contributed by atoms with Gasteiger partial charge in [0.25, 0.3) is 5.91 Å². The Morgan fingerprint density at radius 1 is 1.03 bits per heavy atom. The lowest BCUT2D eigenvalue weighted by molar-refractivity contribution is -0.139. The van der Waals surface area contributed by atoms with Crippen LogP contribution in [0.2, 0.25) is 0 Å². The van der Waals surface area contributed by atoms with Gasteiger partial charge in [0.15, 0.2) is 0 Å². The zero-order chi connectivity index (χ0) is 21.1. The Morgan fingerprint density at radius 3 is 2.47 bits per heavy atom. The molecule has 2 aliphatic heterocycles. The molecule has 6 heteroatoms. The van der Waals surface area contributed by atoms with E-state index in [-0.39, 0.29) is 18.4 Å². The van der Waals surface area contributed by atoms with Crippen molar-refractivity contribution in [2.75, 3.05) is 13.1 Å². The number of hydrogen-bond acceptors (Lipinski definition) is 3. The number of urea groups is 1. The van der Waals surface area contributed by atoms with Crippen molar-refractivity contribution in [3.8, 4) is 0 Å². The van der Waals surface area contributed by atoms with E-state index in [1.54, 1.807) is 4.90 Å². The van der Waals surface area contributed by atoms with Crippen molar-refractivity contribution in [1.82, 2.24) is 15.1 Å². The number of amides is 4. The predicted octanol–water partition coefficient (Wildman–Crippen LogP) is 3.21. The number of carbonyl (C=O) groups is 3. The van der Waals surface area contributed by atoms with Gasteiger partial charge in [0.1, 0.15) is 12.1 Å². The fourth-order valence-electron chi connectivity index (χ4n) is 4.39. The molecule has 4 rings (SSSR count). The van der Waals surface area contributed by atoms with Gasteiger partial charge in [0.2, 0.25) is 5.91 Å². The molecule has 0 aromatic heterocycles. The number of carbonyl (C=O) groups excluding carboxylic acids is 3. The quantitative estimate of drug-likeness (QED) is 0.751. The topological polar surface area (TPSA) is 69.7 Å². The summed E-state index contributed by atoms with van der Waals surface area (Å²) in [6.45, 7) is 2.93. The highest BCUT2D eigenvalue weighted by atomic mass is 16.2. The number of nitrogens with zero attached hydrogens (tertiary/aromatic N) is 2. The predicted molar refractivity (Wildman–Crippen MR) is 113 cm³/mol. The molecule has 0 spiro atoms. The molecule has 1 fully saturated rings. The van der Waals surface area contributed by atoms with Crippen LogP contribution in [0.1, 0.15) is 42.9 Å². The molecule has 6 nitrogen and oxygen atoms in total. The van der Waals surface area contributed by atoms with Crippen LogP contribution in [-0.2, 0) is 28.1 Å². The van der Waals surface area contributed by atoms with E-state index in [4.69, 9.17) is 0 Å². The summed E-state index contributed by atoms with van der Waals surface area (Å²) in [7, 11) is 0. The van der Waals surface area contributed by atoms with Gasteiger partial charge in [-0.25, -0.2) is 4.79 Å². The van der Waals surface area contributed by atoms with E-state index in [1.165, 1.54) is 5.56 Å². The number of hydrogen-bond donors (Lipinski definition) is 1. The highest BCUT2D eigenvalue weighted by Crippen LogP contribution is 2.34. The fraction of sp³-hybridized carbons (Fsp3) is 0.375. The molecule has 2 aromatic rings. The summed E-state index contributed by atoms with van der Waals surface area (Å²) in [6.07, 6.45) is 3.00. The van der Waals surface area contributed by atoms with Gasteiger partial charge in [-0.2, -0.15) is 0 Å². The van der Waals surface area contributed by atoms with Crippen molar-refractivity contribution in [3.63, 3.8) is 0 Å². The van der Waals surface area contributed by atoms with Crippen molar-refractivity contribution >= 4 is 17.8 Å². The summed E-state index contributed by atoms with van der Waals surface area (Å²) in [6, 6.07) is 16.9. The van der Waals surface area contributed by atoms with E-state index in [2.05, 4.69) is 18.3 Å². The van der Waals surface area contributed by atoms with Gasteiger partial charge in [-0.3, -0.25) is 14.5 Å². The van der Waals surface area contributed by atoms with Gasteiger partial charge in [0, 0.05) is 13.1 Å². The summed E-state index contributed by atoms with van der Waals surface area (Å²) < 4.78 is 0. The highest BCUT2D eigenvalue weighted by molar-refractivity contribution is 6.09. The van der Waals surface area contributed by atoms with Crippen LogP contribution >= 0.6 is 0 Å². The number of imide groups is 1. The van der Waals surface area contributed by atoms with E-state index in [9.17, 15) is 14.4 Å². The molecule has 30 heavy (non-hydrogen) atoms. The maximum absolute atomic E-state index is 13.4. The third kappa shape index (κ3) is 3.58. The van der Waals surface area contributed by atoms with Gasteiger partial charge in [-0.05, 0) is 29.5 Å². The second-order valence-electron chi connectivity index (χ2n) is 8.03. The molecular formula is C24H27N3O3. The number of unbranched alkanes of at least 4 members (excludes halogenated alkanes) is 1. The lowest BCUT2D eigenvalue weighted by Gasteiger charge is -2.30. The summed E-state index contributed by atoms with van der Waals surface area (Å²) in [4.78, 5) is 42.0. The standard InChI is InChI=1S/C24H27N3O3/c1-2-3-14-24(20-11-5-4-6-12-20)22(29)27(23(30)25-24)17-21(28)26-15-13-18-9-7-8-10-19(18)16-26/h4-12H,2-3,13-17H2,1H3,(H,25,30)/t24-/m0/s1. The summed E-state index contributed by atoms with van der Waals surface area (Å²) >= 11 is 0. The van der Waals surface area contributed by atoms with E-state index >= 15 is 0 Å². The van der Waals surface area contributed by atoms with Crippen LogP contribution in [0.4, 0.5) is 4.79 Å². The summed E-state index contributed by atoms with van der Waals surface area (Å²) in [5.41, 5.74) is 2.04. The maximum Gasteiger partial charge on any atom is 0.325 e. The number of benzene rings is 2. The van der Waals surface area contributed by atoms with Crippen LogP contribution in [0.15, 0.2) is 54.6 Å². The molecule has 156 valence electrons. The molecule has 1 saturated heterocycles. The van der Waals surface area contributed by atoms with Gasteiger partial charge in [0.05, 0.1) is 0 Å². The molecule has 0 saturated carbocycles. The molecule has 2 heterocycles. The van der Waals surface area contributed by atoms with Crippen molar-refractivity contribution < 1.29 is 14.4 Å². The lowest BCUT2D eigenvalue weighted by atomic mass is 9.85. The van der Waals surface area contributed by atoms with E-state index in [1.807, 2.05) is 48.5 Å². The monoisotopic (exact) mass is 405 g/mol. The number of nitrogens with one attached hydrogen (secondary N) is 1. The largest absolute Gasteiger partial charge is 0.336 e. The Bertz CT molecular complexity index is 959. The van der Waals surface area contributed by atoms with Crippen molar-refractivity contribution in [2.24, 2.45) is 0 Å². The number of rotatable bonds is 6. The molecule has 2 aliphatic rings. The zero-order valence-corrected chi connectivity index (χ0v) is 17.3. The molecule has 4 amide bonds. The number of fused-ring (bicyclic) bond motifs is 1. The molecular weight excluding hydrogens is 378 g/mol. The highest BCUT2D eigenvalue weighted by Gasteiger charge is 2.52. The minimum absolute atomic E-state index is 0.202. The van der Waals surface area contributed by atoms with Gasteiger partial charge >= 0.3 is 6.03 Å². The van der Waals surface area contributed by atoms with Crippen LogP contribution in [-0.4, -0.2) is 40.7 Å². The van der Waals surface area contributed by atoms with Gasteiger partial charge in [-0.15, -0.1) is 0 Å². The molecule has 1 atom stereocenters. The third-order valence-electron chi connectivity index (χ3n) is 6.12. The van der Waals surface area contributed by atoms with Crippen LogP contribution in [0, 0.1) is 0 Å². The van der Waals surface area contributed by atoms with Gasteiger partial charge < -0.3 is 10.2 Å². The average molecular weight is 405 g/mol. The van der Waals surface area contributed by atoms with Crippen molar-refractivity contribution in [2.45, 2.75) is 44.7 Å². The zero-order valence-electron chi connectivity index (χ0n) is 17.3. The van der Waals surface area contributed by atoms with E-state index < -0.39 is 11.6 Å². The summed E-state index contributed by atoms with van der Waals surface area (Å²) in [5.74, 6) is -0.537. The minimum Gasteiger partial charge on any atom is -0.336 e. The first kappa shape index (κ1) is 20.1. The van der Waals surface area contributed by atoms with Gasteiger partial charge in [-0.1, -0.05) is 74.4 Å². The first-order chi connectivity index (χ1) is 14.5. The lowest BCUT2D eigenvalue weighted by Crippen LogP contribution is -2.46. The van der Waals surface area contributed by atoms with Crippen LogP contribution < -0.4 is 5.32 Å². The van der Waals surface area contributed by atoms with Crippen molar-refractivity contribution in [1.29, 1.82) is 0 Å². The van der Waals surface area contributed by atoms with E-state index in [0.29, 0.717) is 19.5 Å². The SMILES string of the molecule is CCCC[C@@]1(c2ccccc2)NC(=O)N(CC(=O)N2CCc3ccccc3C2)C1=O. The normalized spacial score (nSPS) is 20.8. The van der Waals surface area contributed by atoms with Crippen molar-refractivity contribution in [3.05, 3.63) is 71.3 Å². The second kappa shape index (κ2) is 8.30. The molecule has 1 N–H and O–H groups in total. The average Bonchev–Trinajstić information content (AvgIpc) is 3.03. The first-order valence-electron chi connectivity index (χ1n) is 10.6. The summed E-state index contributed by atoms with van der Waals surface area (Å²) in [5, 5.41) is 2.91. The van der Waals surface area contributed by atoms with Crippen LogP contribution in [0.5, 0.6) is 0 Å². The Labute approximate surface area is 176 Å². The Hall–Kier alpha value is -3.15. The Kier molecular flexibility index (Phi) is 5.57. The third-order valence-corrected chi connectivity index (χ3v) is 6.12. The molecule has 0 unspecified atom stereocenters. The molecule has 0 aliphatic carbocycles. The molecule has 0 bridgehead atoms. The van der Waals surface area contributed by atoms with E-state index in [0.717, 1.165) is 35.3 Å². The Morgan fingerprint density at radius 2 is 1.73 bits per heavy atom. The minimum atomic E-state index is -1.09. The second-order valence-corrected chi connectivity index (χ2v) is 8.03. The van der Waals surface area contributed by atoms with Crippen LogP contribution in [0.25, 0.3) is 0 Å². The fourth-order valence-corrected chi connectivity index (χ4v) is 4.39. The first-order valence-corrected chi connectivity index (χ1v) is 10.6. The maximum atomic E-state index is 13.4. The van der Waals surface area contributed by atoms with Crippen LogP contribution in [0.3, 0.4) is 0 Å².